The Balaban J connectivity index is 1.61. The fourth-order valence-electron chi connectivity index (χ4n) is 4.17. The number of morpholine rings is 1. The van der Waals surface area contributed by atoms with Gasteiger partial charge in [0.1, 0.15) is 0 Å². The van der Waals surface area contributed by atoms with Gasteiger partial charge in [0.15, 0.2) is 0 Å². The first-order chi connectivity index (χ1) is 16.4. The number of ether oxygens (including phenoxy) is 1. The Morgan fingerprint density at radius 1 is 0.971 bits per heavy atom. The van der Waals surface area contributed by atoms with Crippen molar-refractivity contribution in [3.8, 4) is 11.1 Å². The van der Waals surface area contributed by atoms with Gasteiger partial charge in [0.25, 0.3) is 0 Å². The molecule has 34 heavy (non-hydrogen) atoms. The maximum Gasteiger partial charge on any atom is 0.418 e. The van der Waals surface area contributed by atoms with Crippen molar-refractivity contribution in [2.75, 3.05) is 36.5 Å². The monoisotopic (exact) mass is 466 g/mol. The predicted molar refractivity (Wildman–Crippen MR) is 124 cm³/mol. The van der Waals surface area contributed by atoms with Gasteiger partial charge in [-0.1, -0.05) is 24.3 Å². The summed E-state index contributed by atoms with van der Waals surface area (Å²) < 4.78 is 47.0. The van der Waals surface area contributed by atoms with Gasteiger partial charge in [0.2, 0.25) is 5.91 Å². The number of nitrogens with zero attached hydrogens (tertiary/aromatic N) is 3. The molecule has 1 amide bonds. The highest BCUT2D eigenvalue weighted by Gasteiger charge is 2.37. The average molecular weight is 466 g/mol. The van der Waals surface area contributed by atoms with E-state index in [4.69, 9.17) is 4.74 Å². The summed E-state index contributed by atoms with van der Waals surface area (Å²) in [4.78, 5) is 23.1. The zero-order valence-corrected chi connectivity index (χ0v) is 18.1. The third kappa shape index (κ3) is 4.51. The number of halogens is 3. The quantitative estimate of drug-likeness (QED) is 0.586. The summed E-state index contributed by atoms with van der Waals surface area (Å²) in [6.45, 7) is 1.39. The molecule has 0 spiro atoms. The molecule has 1 N–H and O–H groups in total. The molecule has 1 aromatic heterocycles. The number of pyridine rings is 1. The van der Waals surface area contributed by atoms with E-state index in [1.807, 2.05) is 36.4 Å². The summed E-state index contributed by atoms with van der Waals surface area (Å²) in [6.07, 6.45) is -1.21. The molecule has 3 aromatic rings. The van der Waals surface area contributed by atoms with Crippen molar-refractivity contribution in [2.45, 2.75) is 12.6 Å². The summed E-state index contributed by atoms with van der Waals surface area (Å²) >= 11 is 0. The number of hydrogen-bond donors (Lipinski definition) is 1. The standard InChI is InChI=1S/C25H21F3N4O2/c26-25(27,28)19-12-21-22(13-23(19)32-7-9-34-10-8-32)30-20(14-24(33)31-21)17-4-1-3-16(11-17)18-5-2-6-29-15-18/h1-6,11-13,15H,7-10,14H2,(H,31,33). The zero-order valence-electron chi connectivity index (χ0n) is 18.1. The second-order valence-electron chi connectivity index (χ2n) is 8.09. The van der Waals surface area contributed by atoms with Gasteiger partial charge in [0.05, 0.1) is 48.0 Å². The number of hydrogen-bond acceptors (Lipinski definition) is 5. The number of nitrogens with one attached hydrogen (secondary N) is 1. The summed E-state index contributed by atoms with van der Waals surface area (Å²) in [7, 11) is 0. The van der Waals surface area contributed by atoms with E-state index in [1.165, 1.54) is 6.07 Å². The highest BCUT2D eigenvalue weighted by atomic mass is 19.4. The lowest BCUT2D eigenvalue weighted by Crippen LogP contribution is -2.37. The van der Waals surface area contributed by atoms with Crippen molar-refractivity contribution < 1.29 is 22.7 Å². The van der Waals surface area contributed by atoms with E-state index >= 15 is 0 Å². The number of fused-ring (bicyclic) bond motifs is 1. The van der Waals surface area contributed by atoms with E-state index in [-0.39, 0.29) is 17.8 Å². The Hall–Kier alpha value is -3.72. The number of carbonyl (C=O) groups is 1. The second-order valence-corrected chi connectivity index (χ2v) is 8.09. The molecule has 0 bridgehead atoms. The summed E-state index contributed by atoms with van der Waals surface area (Å²) in [5, 5.41) is 2.60. The van der Waals surface area contributed by atoms with Crippen LogP contribution >= 0.6 is 0 Å². The first kappa shape index (κ1) is 22.1. The molecule has 5 rings (SSSR count). The van der Waals surface area contributed by atoms with Crippen molar-refractivity contribution in [2.24, 2.45) is 4.99 Å². The largest absolute Gasteiger partial charge is 0.418 e. The number of aromatic nitrogens is 1. The van der Waals surface area contributed by atoms with Gasteiger partial charge in [-0.15, -0.1) is 0 Å². The fourth-order valence-corrected chi connectivity index (χ4v) is 4.17. The molecule has 2 aliphatic heterocycles. The summed E-state index contributed by atoms with van der Waals surface area (Å²) in [6, 6.07) is 13.7. The number of benzene rings is 2. The smallest absolute Gasteiger partial charge is 0.378 e. The van der Waals surface area contributed by atoms with Gasteiger partial charge < -0.3 is 15.0 Å². The van der Waals surface area contributed by atoms with Crippen LogP contribution in [0.5, 0.6) is 0 Å². The summed E-state index contributed by atoms with van der Waals surface area (Å²) in [5.41, 5.74) is 2.60. The van der Waals surface area contributed by atoms with Crippen LogP contribution in [-0.4, -0.2) is 42.9 Å². The second kappa shape index (κ2) is 8.90. The van der Waals surface area contributed by atoms with E-state index in [1.54, 1.807) is 17.3 Å². The van der Waals surface area contributed by atoms with Crippen molar-refractivity contribution in [1.29, 1.82) is 0 Å². The molecule has 2 aliphatic rings. The molecule has 0 saturated carbocycles. The van der Waals surface area contributed by atoms with E-state index < -0.39 is 17.6 Å². The van der Waals surface area contributed by atoms with Crippen LogP contribution in [0.2, 0.25) is 0 Å². The van der Waals surface area contributed by atoms with Crippen LogP contribution in [-0.2, 0) is 15.7 Å². The normalized spacial score (nSPS) is 16.4. The van der Waals surface area contributed by atoms with Crippen LogP contribution < -0.4 is 10.2 Å². The van der Waals surface area contributed by atoms with Crippen LogP contribution in [0.4, 0.5) is 30.2 Å². The number of anilines is 2. The van der Waals surface area contributed by atoms with E-state index in [2.05, 4.69) is 15.3 Å². The molecule has 0 unspecified atom stereocenters. The van der Waals surface area contributed by atoms with Crippen LogP contribution in [0, 0.1) is 0 Å². The number of rotatable bonds is 3. The molecule has 174 valence electrons. The third-order valence-corrected chi connectivity index (χ3v) is 5.82. The molecule has 0 aliphatic carbocycles. The number of carbonyl (C=O) groups excluding carboxylic acids is 1. The van der Waals surface area contributed by atoms with Gasteiger partial charge in [-0.05, 0) is 35.4 Å². The minimum atomic E-state index is -4.58. The Labute approximate surface area is 194 Å². The number of aliphatic imine (C=N–C) groups is 1. The SMILES string of the molecule is O=C1CC(c2cccc(-c3cccnc3)c2)=Nc2cc(N3CCOCC3)c(C(F)(F)F)cc2N1. The Kier molecular flexibility index (Phi) is 5.79. The zero-order chi connectivity index (χ0) is 23.7. The van der Waals surface area contributed by atoms with Crippen LogP contribution in [0.15, 0.2) is 65.9 Å². The number of alkyl halides is 3. The van der Waals surface area contributed by atoms with Gasteiger partial charge in [0, 0.05) is 31.0 Å². The van der Waals surface area contributed by atoms with Crippen LogP contribution in [0.25, 0.3) is 11.1 Å². The maximum atomic E-state index is 13.9. The van der Waals surface area contributed by atoms with Crippen molar-refractivity contribution in [1.82, 2.24) is 4.98 Å². The van der Waals surface area contributed by atoms with Gasteiger partial charge in [-0.3, -0.25) is 14.8 Å². The molecule has 6 nitrogen and oxygen atoms in total. The van der Waals surface area contributed by atoms with Crippen LogP contribution in [0.3, 0.4) is 0 Å². The van der Waals surface area contributed by atoms with Gasteiger partial charge >= 0.3 is 6.18 Å². The van der Waals surface area contributed by atoms with Crippen molar-refractivity contribution in [3.63, 3.8) is 0 Å². The highest BCUT2D eigenvalue weighted by Crippen LogP contribution is 2.43. The Morgan fingerprint density at radius 2 is 1.74 bits per heavy atom. The fraction of sp³-hybridized carbons (Fsp3) is 0.240. The predicted octanol–water partition coefficient (Wildman–Crippen LogP) is 5.07. The van der Waals surface area contributed by atoms with E-state index in [9.17, 15) is 18.0 Å². The molecular weight excluding hydrogens is 445 g/mol. The number of amides is 1. The molecule has 9 heteroatoms. The Bertz CT molecular complexity index is 1250. The molecule has 2 aromatic carbocycles. The minimum absolute atomic E-state index is 0.0397. The van der Waals surface area contributed by atoms with Crippen LogP contribution in [0.1, 0.15) is 17.5 Å². The lowest BCUT2D eigenvalue weighted by atomic mass is 10.0. The summed E-state index contributed by atoms with van der Waals surface area (Å²) in [5.74, 6) is -0.420. The third-order valence-electron chi connectivity index (χ3n) is 5.82. The van der Waals surface area contributed by atoms with E-state index in [0.29, 0.717) is 37.7 Å². The molecule has 1 saturated heterocycles. The average Bonchev–Trinajstić information content (AvgIpc) is 3.01. The van der Waals surface area contributed by atoms with Crippen molar-refractivity contribution >= 4 is 28.7 Å². The van der Waals surface area contributed by atoms with Crippen molar-refractivity contribution in [3.05, 3.63) is 72.1 Å². The molecule has 1 fully saturated rings. The molecule has 0 radical (unpaired) electrons. The molecule has 0 atom stereocenters. The Morgan fingerprint density at radius 3 is 2.47 bits per heavy atom. The maximum absolute atomic E-state index is 13.9. The first-order valence-electron chi connectivity index (χ1n) is 10.8. The molecular formula is C25H21F3N4O2. The lowest BCUT2D eigenvalue weighted by Gasteiger charge is -2.31. The minimum Gasteiger partial charge on any atom is -0.378 e. The highest BCUT2D eigenvalue weighted by molar-refractivity contribution is 6.17. The first-order valence-corrected chi connectivity index (χ1v) is 10.8. The van der Waals surface area contributed by atoms with E-state index in [0.717, 1.165) is 22.8 Å². The van der Waals surface area contributed by atoms with Gasteiger partial charge in [-0.2, -0.15) is 13.2 Å². The topological polar surface area (TPSA) is 66.8 Å². The lowest BCUT2D eigenvalue weighted by molar-refractivity contribution is -0.137. The molecule has 3 heterocycles. The van der Waals surface area contributed by atoms with Gasteiger partial charge in [-0.25, -0.2) is 0 Å².